The number of aromatic nitrogens is 4. The van der Waals surface area contributed by atoms with Gasteiger partial charge in [-0.05, 0) is 42.9 Å². The summed E-state index contributed by atoms with van der Waals surface area (Å²) in [5, 5.41) is 13.5. The van der Waals surface area contributed by atoms with Crippen LogP contribution in [0.2, 0.25) is 0 Å². The molecule has 0 amide bonds. The Balaban J connectivity index is 1.72. The van der Waals surface area contributed by atoms with Gasteiger partial charge in [0.2, 0.25) is 0 Å². The highest BCUT2D eigenvalue weighted by Crippen LogP contribution is 2.30. The van der Waals surface area contributed by atoms with Crippen LogP contribution in [0.3, 0.4) is 0 Å². The molecule has 2 heterocycles. The topological polar surface area (TPSA) is 131 Å². The van der Waals surface area contributed by atoms with Gasteiger partial charge in [0.1, 0.15) is 11.9 Å². The molecule has 0 fully saturated rings. The number of hydrogen-bond donors (Lipinski definition) is 2. The fourth-order valence-corrected chi connectivity index (χ4v) is 4.59. The van der Waals surface area contributed by atoms with E-state index in [2.05, 4.69) is 26.6 Å². The van der Waals surface area contributed by atoms with E-state index in [1.165, 1.54) is 4.57 Å². The van der Waals surface area contributed by atoms with Gasteiger partial charge in [0.05, 0.1) is 5.69 Å². The van der Waals surface area contributed by atoms with Gasteiger partial charge in [-0.1, -0.05) is 74.0 Å². The van der Waals surface area contributed by atoms with Gasteiger partial charge in [-0.15, -0.1) is 0 Å². The van der Waals surface area contributed by atoms with Crippen LogP contribution in [0.25, 0.3) is 22.5 Å². The number of benzene rings is 2. The van der Waals surface area contributed by atoms with Crippen molar-refractivity contribution < 1.29 is 14.4 Å². The molecule has 1 unspecified atom stereocenters. The average molecular weight is 503 g/mol. The van der Waals surface area contributed by atoms with Crippen LogP contribution in [-0.2, 0) is 17.6 Å². The Hall–Kier alpha value is -4.27. The fourth-order valence-electron chi connectivity index (χ4n) is 4.59. The number of carboxylic acid groups (broad SMARTS) is 1. The normalized spacial score (nSPS) is 12.0. The van der Waals surface area contributed by atoms with E-state index >= 15 is 0 Å². The number of rotatable bonds is 10. The van der Waals surface area contributed by atoms with E-state index in [0.29, 0.717) is 30.1 Å². The van der Waals surface area contributed by atoms with Gasteiger partial charge >= 0.3 is 11.7 Å². The summed E-state index contributed by atoms with van der Waals surface area (Å²) in [4.78, 5) is 44.2. The maximum absolute atomic E-state index is 13.6. The third-order valence-electron chi connectivity index (χ3n) is 6.49. The standard InChI is InChI=1S/C28H30N4O5/c1-4-6-11-23-22(26(33)32(17(3)29-23)24(5-2)27(34)35)16-18-12-14-19(15-13-18)20-9-7-8-10-21(20)25-30-28(36)37-31-25/h7-10,12-15,24H,4-6,11,16H2,1-3H3,(H,34,35)(H,30,31,36). The Bertz CT molecular complexity index is 1510. The molecule has 1 atom stereocenters. The zero-order valence-electron chi connectivity index (χ0n) is 21.2. The minimum atomic E-state index is -1.04. The lowest BCUT2D eigenvalue weighted by molar-refractivity contribution is -0.141. The number of carbonyl (C=O) groups is 1. The highest BCUT2D eigenvalue weighted by molar-refractivity contribution is 5.80. The minimum absolute atomic E-state index is 0.288. The maximum atomic E-state index is 13.6. The van der Waals surface area contributed by atoms with Crippen molar-refractivity contribution in [2.75, 3.05) is 0 Å². The van der Waals surface area contributed by atoms with Crippen LogP contribution in [-0.4, -0.2) is 30.8 Å². The van der Waals surface area contributed by atoms with E-state index in [1.807, 2.05) is 48.5 Å². The van der Waals surface area contributed by atoms with Crippen LogP contribution in [0.15, 0.2) is 62.6 Å². The molecule has 0 bridgehead atoms. The van der Waals surface area contributed by atoms with E-state index in [1.54, 1.807) is 13.8 Å². The predicted octanol–water partition coefficient (Wildman–Crippen LogP) is 4.53. The number of aliphatic carboxylic acids is 1. The molecule has 0 saturated carbocycles. The Labute approximate surface area is 213 Å². The SMILES string of the molecule is CCCCc1nc(C)n(C(CC)C(=O)O)c(=O)c1Cc1ccc(-c2ccccc2-c2noc(=O)[nH]2)cc1. The Kier molecular flexibility index (Phi) is 7.81. The lowest BCUT2D eigenvalue weighted by Crippen LogP contribution is -2.35. The molecule has 2 aromatic heterocycles. The summed E-state index contributed by atoms with van der Waals surface area (Å²) in [6, 6.07) is 14.4. The van der Waals surface area contributed by atoms with Crippen molar-refractivity contribution in [2.24, 2.45) is 0 Å². The van der Waals surface area contributed by atoms with Crippen LogP contribution < -0.4 is 11.3 Å². The Morgan fingerprint density at radius 1 is 1.08 bits per heavy atom. The molecule has 0 radical (unpaired) electrons. The molecule has 0 aliphatic rings. The number of nitrogens with one attached hydrogen (secondary N) is 1. The second-order valence-electron chi connectivity index (χ2n) is 8.99. The van der Waals surface area contributed by atoms with E-state index in [9.17, 15) is 19.5 Å². The summed E-state index contributed by atoms with van der Waals surface area (Å²) < 4.78 is 5.98. The fraction of sp³-hybridized carbons (Fsp3) is 0.321. The van der Waals surface area contributed by atoms with E-state index in [-0.39, 0.29) is 12.0 Å². The van der Waals surface area contributed by atoms with Crippen molar-refractivity contribution in [3.05, 3.63) is 92.1 Å². The van der Waals surface area contributed by atoms with Gasteiger partial charge < -0.3 is 5.11 Å². The van der Waals surface area contributed by atoms with Crippen molar-refractivity contribution in [2.45, 2.75) is 58.9 Å². The van der Waals surface area contributed by atoms with Crippen molar-refractivity contribution in [1.82, 2.24) is 19.7 Å². The summed E-state index contributed by atoms with van der Waals surface area (Å²) >= 11 is 0. The third-order valence-corrected chi connectivity index (χ3v) is 6.49. The van der Waals surface area contributed by atoms with Crippen molar-refractivity contribution in [3.8, 4) is 22.5 Å². The average Bonchev–Trinajstić information content (AvgIpc) is 3.33. The van der Waals surface area contributed by atoms with Crippen LogP contribution in [0, 0.1) is 6.92 Å². The third kappa shape index (κ3) is 5.45. The second kappa shape index (κ2) is 11.2. The van der Waals surface area contributed by atoms with E-state index in [4.69, 9.17) is 0 Å². The van der Waals surface area contributed by atoms with Crippen LogP contribution in [0.1, 0.15) is 61.8 Å². The van der Waals surface area contributed by atoms with Crippen molar-refractivity contribution in [3.63, 3.8) is 0 Å². The molecule has 0 saturated heterocycles. The van der Waals surface area contributed by atoms with Gasteiger partial charge in [0.15, 0.2) is 5.82 Å². The van der Waals surface area contributed by atoms with E-state index < -0.39 is 17.8 Å². The lowest BCUT2D eigenvalue weighted by Gasteiger charge is -2.20. The molecular weight excluding hydrogens is 472 g/mol. The number of H-pyrrole nitrogens is 1. The monoisotopic (exact) mass is 502 g/mol. The molecule has 192 valence electrons. The summed E-state index contributed by atoms with van der Waals surface area (Å²) in [6.07, 6.45) is 3.14. The lowest BCUT2D eigenvalue weighted by atomic mass is 9.96. The van der Waals surface area contributed by atoms with Gasteiger partial charge in [0.25, 0.3) is 5.56 Å². The van der Waals surface area contributed by atoms with E-state index in [0.717, 1.165) is 40.8 Å². The van der Waals surface area contributed by atoms with Gasteiger partial charge in [0, 0.05) is 17.5 Å². The molecule has 4 aromatic rings. The van der Waals surface area contributed by atoms with Gasteiger partial charge in [-0.2, -0.15) is 0 Å². The molecule has 9 heteroatoms. The number of carboxylic acids is 1. The smallest absolute Gasteiger partial charge is 0.439 e. The quantitative estimate of drug-likeness (QED) is 0.326. The first-order chi connectivity index (χ1) is 17.8. The predicted molar refractivity (Wildman–Crippen MR) is 140 cm³/mol. The molecular formula is C28H30N4O5. The molecule has 2 N–H and O–H groups in total. The van der Waals surface area contributed by atoms with Crippen LogP contribution >= 0.6 is 0 Å². The number of aromatic amines is 1. The number of aryl methyl sites for hydroxylation is 2. The zero-order chi connectivity index (χ0) is 26.5. The van der Waals surface area contributed by atoms with Crippen LogP contribution in [0.4, 0.5) is 0 Å². The Morgan fingerprint density at radius 2 is 1.78 bits per heavy atom. The zero-order valence-corrected chi connectivity index (χ0v) is 21.2. The number of unbranched alkanes of at least 4 members (excludes halogenated alkanes) is 1. The summed E-state index contributed by atoms with van der Waals surface area (Å²) in [5.41, 5.74) is 4.38. The molecule has 0 spiro atoms. The Morgan fingerprint density at radius 3 is 2.38 bits per heavy atom. The summed E-state index contributed by atoms with van der Waals surface area (Å²) in [6.45, 7) is 5.53. The largest absolute Gasteiger partial charge is 0.480 e. The van der Waals surface area contributed by atoms with Gasteiger partial charge in [-0.25, -0.2) is 14.6 Å². The molecule has 37 heavy (non-hydrogen) atoms. The van der Waals surface area contributed by atoms with Crippen molar-refractivity contribution >= 4 is 5.97 Å². The molecule has 2 aromatic carbocycles. The summed E-state index contributed by atoms with van der Waals surface area (Å²) in [5.74, 6) is -0.893. The highest BCUT2D eigenvalue weighted by Gasteiger charge is 2.24. The molecule has 0 aliphatic carbocycles. The first-order valence-electron chi connectivity index (χ1n) is 12.4. The molecule has 0 aliphatic heterocycles. The van der Waals surface area contributed by atoms with Crippen molar-refractivity contribution in [1.29, 1.82) is 0 Å². The number of nitrogens with zero attached hydrogens (tertiary/aromatic N) is 3. The molecule has 9 nitrogen and oxygen atoms in total. The summed E-state index contributed by atoms with van der Waals surface area (Å²) in [7, 11) is 0. The highest BCUT2D eigenvalue weighted by atomic mass is 16.5. The maximum Gasteiger partial charge on any atom is 0.439 e. The number of hydrogen-bond acceptors (Lipinski definition) is 6. The molecule has 4 rings (SSSR count). The van der Waals surface area contributed by atoms with Gasteiger partial charge in [-0.3, -0.25) is 18.9 Å². The first-order valence-corrected chi connectivity index (χ1v) is 12.4. The first kappa shape index (κ1) is 25.8. The second-order valence-corrected chi connectivity index (χ2v) is 8.99. The minimum Gasteiger partial charge on any atom is -0.480 e. The van der Waals surface area contributed by atoms with Crippen LogP contribution in [0.5, 0.6) is 0 Å².